The number of hydrogen-bond acceptors (Lipinski definition) is 7. The van der Waals surface area contributed by atoms with Gasteiger partial charge in [-0.15, -0.1) is 22.0 Å². The summed E-state index contributed by atoms with van der Waals surface area (Å²) in [5.74, 6) is 1.17. The number of amides is 2. The molecule has 1 aliphatic rings. The molecule has 1 heterocycles. The average Bonchev–Trinajstić information content (AvgIpc) is 3.44. The first-order valence-electron chi connectivity index (χ1n) is 8.81. The SMILES string of the molecule is N#CCSc1ccccc1NC(=O)CSc1nnc(C2CC2)n1CCC(N)=O. The Bertz CT molecular complexity index is 904. The third-order valence-corrected chi connectivity index (χ3v) is 5.96. The van der Waals surface area contributed by atoms with Crippen molar-refractivity contribution < 1.29 is 9.59 Å². The highest BCUT2D eigenvalue weighted by Crippen LogP contribution is 2.40. The Kier molecular flexibility index (Phi) is 6.95. The number of primary amides is 1. The molecule has 0 bridgehead atoms. The van der Waals surface area contributed by atoms with Crippen LogP contribution in [0.15, 0.2) is 34.3 Å². The second-order valence-electron chi connectivity index (χ2n) is 6.26. The minimum atomic E-state index is -0.379. The highest BCUT2D eigenvalue weighted by molar-refractivity contribution is 8.00. The van der Waals surface area contributed by atoms with Crippen molar-refractivity contribution in [3.63, 3.8) is 0 Å². The summed E-state index contributed by atoms with van der Waals surface area (Å²) in [7, 11) is 0. The lowest BCUT2D eigenvalue weighted by atomic mass is 10.3. The van der Waals surface area contributed by atoms with Gasteiger partial charge in [0.1, 0.15) is 5.82 Å². The molecule has 1 aromatic carbocycles. The maximum Gasteiger partial charge on any atom is 0.234 e. The van der Waals surface area contributed by atoms with E-state index in [0.29, 0.717) is 29.1 Å². The summed E-state index contributed by atoms with van der Waals surface area (Å²) >= 11 is 2.66. The molecule has 0 spiro atoms. The molecular formula is C18H20N6O2S2. The molecule has 8 nitrogen and oxygen atoms in total. The van der Waals surface area contributed by atoms with E-state index in [1.165, 1.54) is 23.5 Å². The van der Waals surface area contributed by atoms with Crippen molar-refractivity contribution in [2.45, 2.75) is 41.8 Å². The first kappa shape index (κ1) is 20.2. The van der Waals surface area contributed by atoms with Crippen LogP contribution in [0.5, 0.6) is 0 Å². The number of thioether (sulfide) groups is 2. The molecule has 1 saturated carbocycles. The van der Waals surface area contributed by atoms with Crippen molar-refractivity contribution in [1.29, 1.82) is 5.26 Å². The summed E-state index contributed by atoms with van der Waals surface area (Å²) in [6.45, 7) is 0.422. The molecule has 0 unspecified atom stereocenters. The summed E-state index contributed by atoms with van der Waals surface area (Å²) in [4.78, 5) is 24.4. The predicted octanol–water partition coefficient (Wildman–Crippen LogP) is 2.38. The van der Waals surface area contributed by atoms with Gasteiger partial charge in [0.2, 0.25) is 11.8 Å². The Labute approximate surface area is 171 Å². The normalized spacial score (nSPS) is 13.1. The van der Waals surface area contributed by atoms with Crippen molar-refractivity contribution in [2.75, 3.05) is 16.8 Å². The van der Waals surface area contributed by atoms with E-state index in [4.69, 9.17) is 11.0 Å². The first-order chi connectivity index (χ1) is 13.6. The van der Waals surface area contributed by atoms with E-state index in [1.54, 1.807) is 0 Å². The molecule has 0 radical (unpaired) electrons. The Hall–Kier alpha value is -2.51. The fourth-order valence-electron chi connectivity index (χ4n) is 2.60. The summed E-state index contributed by atoms with van der Waals surface area (Å²) in [5, 5.41) is 20.7. The number of aromatic nitrogens is 3. The van der Waals surface area contributed by atoms with Gasteiger partial charge in [-0.25, -0.2) is 0 Å². The lowest BCUT2D eigenvalue weighted by Gasteiger charge is -2.10. The topological polar surface area (TPSA) is 127 Å². The second-order valence-corrected chi connectivity index (χ2v) is 8.22. The summed E-state index contributed by atoms with van der Waals surface area (Å²) in [6.07, 6.45) is 2.34. The van der Waals surface area contributed by atoms with Crippen LogP contribution in [-0.4, -0.2) is 38.1 Å². The molecule has 146 valence electrons. The zero-order chi connectivity index (χ0) is 19.9. The van der Waals surface area contributed by atoms with Crippen molar-refractivity contribution in [3.05, 3.63) is 30.1 Å². The fourth-order valence-corrected chi connectivity index (χ4v) is 4.05. The van der Waals surface area contributed by atoms with Crippen molar-refractivity contribution in [3.8, 4) is 6.07 Å². The summed E-state index contributed by atoms with van der Waals surface area (Å²) in [6, 6.07) is 9.46. The molecule has 2 aromatic rings. The molecule has 1 aliphatic carbocycles. The van der Waals surface area contributed by atoms with Gasteiger partial charge in [0.25, 0.3) is 0 Å². The molecule has 2 amide bonds. The van der Waals surface area contributed by atoms with Crippen LogP contribution in [0, 0.1) is 11.3 Å². The number of hydrogen-bond donors (Lipinski definition) is 2. The molecule has 28 heavy (non-hydrogen) atoms. The number of anilines is 1. The highest BCUT2D eigenvalue weighted by Gasteiger charge is 2.30. The zero-order valence-corrected chi connectivity index (χ0v) is 16.8. The van der Waals surface area contributed by atoms with Gasteiger partial charge < -0.3 is 15.6 Å². The van der Waals surface area contributed by atoms with Crippen LogP contribution in [0.4, 0.5) is 5.69 Å². The van der Waals surface area contributed by atoms with E-state index in [2.05, 4.69) is 21.6 Å². The standard InChI is InChI=1S/C18H20N6O2S2/c19-8-10-27-14-4-2-1-3-13(14)21-16(26)11-28-18-23-22-17(12-5-6-12)24(18)9-7-15(20)25/h1-4,12H,5-7,9-11H2,(H2,20,25)(H,21,26). The van der Waals surface area contributed by atoms with E-state index in [1.807, 2.05) is 28.8 Å². The van der Waals surface area contributed by atoms with E-state index in [0.717, 1.165) is 23.6 Å². The molecule has 0 aliphatic heterocycles. The number of para-hydroxylation sites is 1. The van der Waals surface area contributed by atoms with Gasteiger partial charge in [-0.1, -0.05) is 23.9 Å². The minimum absolute atomic E-state index is 0.163. The van der Waals surface area contributed by atoms with Gasteiger partial charge in [-0.2, -0.15) is 5.26 Å². The monoisotopic (exact) mass is 416 g/mol. The smallest absolute Gasteiger partial charge is 0.234 e. The number of benzene rings is 1. The van der Waals surface area contributed by atoms with Gasteiger partial charge in [-0.05, 0) is 25.0 Å². The first-order valence-corrected chi connectivity index (χ1v) is 10.8. The molecule has 10 heteroatoms. The number of nitrogens with zero attached hydrogens (tertiary/aromatic N) is 4. The highest BCUT2D eigenvalue weighted by atomic mass is 32.2. The molecule has 0 atom stereocenters. The van der Waals surface area contributed by atoms with Crippen LogP contribution < -0.4 is 11.1 Å². The zero-order valence-electron chi connectivity index (χ0n) is 15.1. The van der Waals surface area contributed by atoms with Gasteiger partial charge in [0.05, 0.1) is 23.3 Å². The number of carbonyl (C=O) groups is 2. The summed E-state index contributed by atoms with van der Waals surface area (Å²) < 4.78 is 1.90. The van der Waals surface area contributed by atoms with Gasteiger partial charge in [0, 0.05) is 23.8 Å². The Balaban J connectivity index is 1.62. The van der Waals surface area contributed by atoms with Crippen LogP contribution in [0.1, 0.15) is 31.0 Å². The number of nitriles is 1. The largest absolute Gasteiger partial charge is 0.370 e. The van der Waals surface area contributed by atoms with Crippen LogP contribution in [0.3, 0.4) is 0 Å². The lowest BCUT2D eigenvalue weighted by Crippen LogP contribution is -2.17. The van der Waals surface area contributed by atoms with Gasteiger partial charge in [0.15, 0.2) is 5.16 Å². The van der Waals surface area contributed by atoms with Crippen LogP contribution in [0.2, 0.25) is 0 Å². The molecule has 1 aromatic heterocycles. The van der Waals surface area contributed by atoms with Gasteiger partial charge in [-0.3, -0.25) is 9.59 Å². The Morgan fingerprint density at radius 3 is 2.79 bits per heavy atom. The maximum atomic E-state index is 12.4. The number of rotatable bonds is 10. The predicted molar refractivity (Wildman–Crippen MR) is 108 cm³/mol. The maximum absolute atomic E-state index is 12.4. The third kappa shape index (κ3) is 5.50. The lowest BCUT2D eigenvalue weighted by molar-refractivity contribution is -0.118. The van der Waals surface area contributed by atoms with Crippen LogP contribution in [-0.2, 0) is 16.1 Å². The second kappa shape index (κ2) is 9.61. The quantitative estimate of drug-likeness (QED) is 0.569. The Morgan fingerprint density at radius 1 is 1.29 bits per heavy atom. The average molecular weight is 417 g/mol. The molecular weight excluding hydrogens is 396 g/mol. The van der Waals surface area contributed by atoms with E-state index in [9.17, 15) is 9.59 Å². The van der Waals surface area contributed by atoms with Crippen LogP contribution in [0.25, 0.3) is 0 Å². The molecule has 3 N–H and O–H groups in total. The minimum Gasteiger partial charge on any atom is -0.370 e. The van der Waals surface area contributed by atoms with Crippen molar-refractivity contribution in [2.24, 2.45) is 5.73 Å². The number of carbonyl (C=O) groups excluding carboxylic acids is 2. The molecule has 3 rings (SSSR count). The molecule has 1 fully saturated rings. The van der Waals surface area contributed by atoms with Crippen molar-refractivity contribution >= 4 is 41.0 Å². The van der Waals surface area contributed by atoms with Gasteiger partial charge >= 0.3 is 0 Å². The van der Waals surface area contributed by atoms with Crippen LogP contribution >= 0.6 is 23.5 Å². The van der Waals surface area contributed by atoms with Crippen molar-refractivity contribution in [1.82, 2.24) is 14.8 Å². The third-order valence-electron chi connectivity index (χ3n) is 4.06. The molecule has 0 saturated heterocycles. The Morgan fingerprint density at radius 2 is 2.07 bits per heavy atom. The number of nitrogens with one attached hydrogen (secondary N) is 1. The fraction of sp³-hybridized carbons (Fsp3) is 0.389. The van der Waals surface area contributed by atoms with E-state index >= 15 is 0 Å². The number of nitrogens with two attached hydrogens (primary N) is 1. The summed E-state index contributed by atoms with van der Waals surface area (Å²) in [5.41, 5.74) is 5.95. The van der Waals surface area contributed by atoms with E-state index in [-0.39, 0.29) is 24.0 Å². The van der Waals surface area contributed by atoms with E-state index < -0.39 is 0 Å².